The highest BCUT2D eigenvalue weighted by molar-refractivity contribution is 6.08. The molecule has 11 aromatic carbocycles. The minimum Gasteiger partial charge on any atom is -0.208 e. The molecule has 0 saturated carbocycles. The van der Waals surface area contributed by atoms with Crippen LogP contribution < -0.4 is 0 Å². The van der Waals surface area contributed by atoms with E-state index >= 15 is 0 Å². The van der Waals surface area contributed by atoms with E-state index in [1.165, 1.54) is 5.56 Å². The number of hydrogen-bond acceptors (Lipinski definition) is 3. The fourth-order valence-electron chi connectivity index (χ4n) is 9.94. The first-order valence-electron chi connectivity index (χ1n) is 24.4. The van der Waals surface area contributed by atoms with Gasteiger partial charge in [-0.15, -0.1) is 0 Å². The summed E-state index contributed by atoms with van der Waals surface area (Å²) in [6, 6.07) is 101. The number of nitrogens with zero attached hydrogens (tertiary/aromatic N) is 3. The van der Waals surface area contributed by atoms with Crippen molar-refractivity contribution >= 4 is 0 Å². The lowest BCUT2D eigenvalue weighted by molar-refractivity contribution is 1.07. The Morgan fingerprint density at radius 2 is 0.472 bits per heavy atom. The Morgan fingerprint density at radius 3 is 1.00 bits per heavy atom. The summed E-state index contributed by atoms with van der Waals surface area (Å²) in [6.45, 7) is 0. The third-order valence-electron chi connectivity index (χ3n) is 13.3. The third kappa shape index (κ3) is 8.83. The Kier molecular flexibility index (Phi) is 12.0. The average Bonchev–Trinajstić information content (AvgIpc) is 3.48. The molecule has 0 amide bonds. The number of rotatable bonds is 11. The minimum absolute atomic E-state index is 0.579. The lowest BCUT2D eigenvalue weighted by Crippen LogP contribution is -2.02. The molecule has 0 N–H and O–H groups in total. The number of hydrogen-bond donors (Lipinski definition) is 0. The van der Waals surface area contributed by atoms with Crippen molar-refractivity contribution in [3.8, 4) is 123 Å². The summed E-state index contributed by atoms with van der Waals surface area (Å²) in [5.41, 5.74) is 20.5. The molecule has 0 spiro atoms. The van der Waals surface area contributed by atoms with Gasteiger partial charge >= 0.3 is 0 Å². The van der Waals surface area contributed by atoms with Crippen molar-refractivity contribution < 1.29 is 0 Å². The molecule has 1 aromatic heterocycles. The third-order valence-corrected chi connectivity index (χ3v) is 13.3. The molecule has 12 aromatic rings. The van der Waals surface area contributed by atoms with E-state index in [-0.39, 0.29) is 0 Å². The molecule has 0 aliphatic rings. The normalized spacial score (nSPS) is 11.1. The van der Waals surface area contributed by atoms with Gasteiger partial charge in [0.2, 0.25) is 0 Å². The van der Waals surface area contributed by atoms with E-state index in [1.807, 2.05) is 12.1 Å². The molecule has 0 aliphatic carbocycles. The second-order valence-electron chi connectivity index (χ2n) is 17.9. The van der Waals surface area contributed by atoms with Gasteiger partial charge < -0.3 is 0 Å². The van der Waals surface area contributed by atoms with Gasteiger partial charge in [0.25, 0.3) is 0 Å². The first kappa shape index (κ1) is 43.7. The first-order chi connectivity index (χ1) is 35.7. The zero-order chi connectivity index (χ0) is 48.1. The lowest BCUT2D eigenvalue weighted by atomic mass is 9.78. The Morgan fingerprint density at radius 1 is 0.153 bits per heavy atom. The highest BCUT2D eigenvalue weighted by atomic mass is 15.0. The maximum atomic E-state index is 5.48. The van der Waals surface area contributed by atoms with Crippen LogP contribution in [-0.4, -0.2) is 15.0 Å². The number of benzene rings is 11. The molecule has 12 rings (SSSR count). The van der Waals surface area contributed by atoms with Crippen LogP contribution in [-0.2, 0) is 0 Å². The second kappa shape index (κ2) is 19.8. The van der Waals surface area contributed by atoms with Crippen molar-refractivity contribution in [1.29, 1.82) is 0 Å². The van der Waals surface area contributed by atoms with Gasteiger partial charge in [-0.1, -0.05) is 255 Å². The quantitative estimate of drug-likeness (QED) is 0.130. The molecule has 0 radical (unpaired) electrons. The van der Waals surface area contributed by atoms with Gasteiger partial charge in [0.05, 0.1) is 0 Å². The summed E-state index contributed by atoms with van der Waals surface area (Å²) >= 11 is 0. The van der Waals surface area contributed by atoms with Crippen LogP contribution in [0.15, 0.2) is 285 Å². The molecular formula is C69H47N3. The SMILES string of the molecule is c1ccc(-c2cccc(-c3nc(-c4cc(-c5ccccc5)cc(-c5cc(-c6ccccc6)c(-c6ccccc6)c(-c6ccccc6)c5-c5ccccc5)c4)nc(-c4ccccc4-c4ccccc4)n3)c2)cc1. The highest BCUT2D eigenvalue weighted by Crippen LogP contribution is 2.51. The van der Waals surface area contributed by atoms with Crippen LogP contribution in [0.1, 0.15) is 0 Å². The molecule has 0 bridgehead atoms. The molecule has 0 aliphatic heterocycles. The van der Waals surface area contributed by atoms with Gasteiger partial charge in [0.1, 0.15) is 0 Å². The zero-order valence-electron chi connectivity index (χ0n) is 39.5. The monoisotopic (exact) mass is 917 g/mol. The fraction of sp³-hybridized carbons (Fsp3) is 0. The summed E-state index contributed by atoms with van der Waals surface area (Å²) in [7, 11) is 0. The molecule has 338 valence electrons. The molecule has 3 heteroatoms. The van der Waals surface area contributed by atoms with Gasteiger partial charge in [-0.3, -0.25) is 0 Å². The molecule has 0 fully saturated rings. The van der Waals surface area contributed by atoms with Gasteiger partial charge in [-0.25, -0.2) is 15.0 Å². The van der Waals surface area contributed by atoms with E-state index < -0.39 is 0 Å². The van der Waals surface area contributed by atoms with Crippen molar-refractivity contribution in [2.24, 2.45) is 0 Å². The summed E-state index contributed by atoms with van der Waals surface area (Å²) in [5.74, 6) is 1.77. The van der Waals surface area contributed by atoms with Crippen molar-refractivity contribution in [2.75, 3.05) is 0 Å². The molecule has 3 nitrogen and oxygen atoms in total. The standard InChI is InChI=1S/C69H47N3/c1-8-25-48(26-9-1)55-39-24-40-56(43-55)67-70-68(72-69(71-67)61-42-23-22-41-60(61)50-29-12-3-13-30-50)59-45-57(49-27-10-2-11-28-49)44-58(46-59)63-47-62(51-31-14-4-15-32-51)64(52-33-16-5-17-34-52)66(54-37-20-7-21-38-54)65(63)53-35-18-6-19-36-53/h1-47H. The highest BCUT2D eigenvalue weighted by Gasteiger charge is 2.25. The predicted octanol–water partition coefficient (Wildman–Crippen LogP) is 18.2. The Bertz CT molecular complexity index is 3810. The average molecular weight is 918 g/mol. The maximum absolute atomic E-state index is 5.48. The Balaban J connectivity index is 1.17. The Labute approximate surface area is 421 Å². The van der Waals surface area contributed by atoms with Gasteiger partial charge in [0, 0.05) is 16.7 Å². The van der Waals surface area contributed by atoms with Crippen molar-refractivity contribution in [2.45, 2.75) is 0 Å². The van der Waals surface area contributed by atoms with Crippen LogP contribution in [0.25, 0.3) is 123 Å². The lowest BCUT2D eigenvalue weighted by Gasteiger charge is -2.25. The number of aromatic nitrogens is 3. The van der Waals surface area contributed by atoms with E-state index in [2.05, 4.69) is 273 Å². The van der Waals surface area contributed by atoms with Crippen molar-refractivity contribution in [3.63, 3.8) is 0 Å². The summed E-state index contributed by atoms with van der Waals surface area (Å²) in [6.07, 6.45) is 0. The molecule has 0 atom stereocenters. The van der Waals surface area contributed by atoms with E-state index in [4.69, 9.17) is 15.0 Å². The van der Waals surface area contributed by atoms with E-state index in [0.717, 1.165) is 100 Å². The van der Waals surface area contributed by atoms with E-state index in [9.17, 15) is 0 Å². The van der Waals surface area contributed by atoms with Gasteiger partial charge in [0.15, 0.2) is 17.5 Å². The van der Waals surface area contributed by atoms with Crippen LogP contribution in [0, 0.1) is 0 Å². The molecule has 72 heavy (non-hydrogen) atoms. The molecule has 1 heterocycles. The van der Waals surface area contributed by atoms with Crippen LogP contribution in [0.3, 0.4) is 0 Å². The van der Waals surface area contributed by atoms with Crippen LogP contribution in [0.2, 0.25) is 0 Å². The summed E-state index contributed by atoms with van der Waals surface area (Å²) in [4.78, 5) is 16.3. The summed E-state index contributed by atoms with van der Waals surface area (Å²) < 4.78 is 0. The second-order valence-corrected chi connectivity index (χ2v) is 17.9. The minimum atomic E-state index is 0.579. The van der Waals surface area contributed by atoms with Crippen LogP contribution >= 0.6 is 0 Å². The molecule has 0 saturated heterocycles. The predicted molar refractivity (Wildman–Crippen MR) is 300 cm³/mol. The maximum Gasteiger partial charge on any atom is 0.164 e. The van der Waals surface area contributed by atoms with Gasteiger partial charge in [-0.05, 0) is 119 Å². The Hall–Kier alpha value is -9.57. The molecular weight excluding hydrogens is 871 g/mol. The topological polar surface area (TPSA) is 38.7 Å². The zero-order valence-corrected chi connectivity index (χ0v) is 39.5. The van der Waals surface area contributed by atoms with E-state index in [1.54, 1.807) is 0 Å². The van der Waals surface area contributed by atoms with Crippen molar-refractivity contribution in [1.82, 2.24) is 15.0 Å². The largest absolute Gasteiger partial charge is 0.208 e. The molecule has 0 unspecified atom stereocenters. The van der Waals surface area contributed by atoms with Crippen LogP contribution in [0.4, 0.5) is 0 Å². The smallest absolute Gasteiger partial charge is 0.164 e. The van der Waals surface area contributed by atoms with Crippen LogP contribution in [0.5, 0.6) is 0 Å². The van der Waals surface area contributed by atoms with Gasteiger partial charge in [-0.2, -0.15) is 0 Å². The summed E-state index contributed by atoms with van der Waals surface area (Å²) in [5, 5.41) is 0. The van der Waals surface area contributed by atoms with Crippen molar-refractivity contribution in [3.05, 3.63) is 285 Å². The first-order valence-corrected chi connectivity index (χ1v) is 24.4. The van der Waals surface area contributed by atoms with E-state index in [0.29, 0.717) is 17.5 Å². The fourth-order valence-corrected chi connectivity index (χ4v) is 9.94.